The first-order valence-corrected chi connectivity index (χ1v) is 10.5. The fourth-order valence-corrected chi connectivity index (χ4v) is 2.49. The highest BCUT2D eigenvalue weighted by Crippen LogP contribution is 2.09. The number of carbonyl (C=O) groups excluding carboxylic acids is 2. The highest BCUT2D eigenvalue weighted by molar-refractivity contribution is 5.79. The van der Waals surface area contributed by atoms with Gasteiger partial charge < -0.3 is 34.9 Å². The molecule has 196 valence electrons. The minimum atomic E-state index is -1.20. The van der Waals surface area contributed by atoms with E-state index < -0.39 is 52.7 Å². The zero-order valence-corrected chi connectivity index (χ0v) is 19.4. The molecule has 0 fully saturated rings. The van der Waals surface area contributed by atoms with E-state index in [0.29, 0.717) is 25.7 Å². The van der Waals surface area contributed by atoms with Crippen LogP contribution in [0.3, 0.4) is 0 Å². The maximum absolute atomic E-state index is 11.7. The normalized spacial score (nSPS) is 12.6. The number of amides is 2. The van der Waals surface area contributed by atoms with E-state index in [0.717, 1.165) is 0 Å². The van der Waals surface area contributed by atoms with Crippen LogP contribution in [0.5, 0.6) is 0 Å². The molecule has 0 radical (unpaired) electrons. The quantitative estimate of drug-likeness (QED) is 0.149. The van der Waals surface area contributed by atoms with Crippen molar-refractivity contribution in [1.82, 2.24) is 10.6 Å². The van der Waals surface area contributed by atoms with Gasteiger partial charge in [0.05, 0.1) is 6.61 Å². The Morgan fingerprint density at radius 1 is 0.971 bits per heavy atom. The van der Waals surface area contributed by atoms with E-state index in [-0.39, 0.29) is 26.0 Å². The van der Waals surface area contributed by atoms with Crippen LogP contribution in [-0.2, 0) is 23.9 Å². The molecule has 0 bridgehead atoms. The van der Waals surface area contributed by atoms with Gasteiger partial charge in [-0.25, -0.2) is 14.4 Å². The van der Waals surface area contributed by atoms with Crippen LogP contribution in [0.25, 0.3) is 0 Å². The number of nitrogens with one attached hydrogen (secondary N) is 2. The first kappa shape index (κ1) is 30.4. The molecule has 0 rings (SSSR count). The van der Waals surface area contributed by atoms with Crippen molar-refractivity contribution in [3.05, 3.63) is 20.2 Å². The molecule has 2 amide bonds. The van der Waals surface area contributed by atoms with E-state index >= 15 is 0 Å². The minimum absolute atomic E-state index is 0.00794. The van der Waals surface area contributed by atoms with Crippen molar-refractivity contribution in [1.29, 1.82) is 0 Å². The Bertz CT molecular complexity index is 682. The number of aliphatic carboxylic acids is 1. The smallest absolute Gasteiger partial charge is 0.408 e. The van der Waals surface area contributed by atoms with E-state index in [1.54, 1.807) is 20.8 Å². The summed E-state index contributed by atoms with van der Waals surface area (Å²) >= 11 is 0. The number of carbonyl (C=O) groups is 3. The Balaban J connectivity index is 4.00. The molecule has 0 spiro atoms. The molecule has 0 aliphatic carbocycles. The third-order valence-electron chi connectivity index (χ3n) is 3.93. The number of alkyl carbamates (subject to hydrolysis) is 2. The van der Waals surface area contributed by atoms with Gasteiger partial charge in [0.2, 0.25) is 0 Å². The molecule has 16 heteroatoms. The van der Waals surface area contributed by atoms with Crippen LogP contribution in [0.15, 0.2) is 0 Å². The Morgan fingerprint density at radius 3 is 2.18 bits per heavy atom. The lowest BCUT2D eigenvalue weighted by Crippen LogP contribution is -2.43. The number of unbranched alkanes of at least 4 members (excludes halogenated alkanes) is 2. The second-order valence-electron chi connectivity index (χ2n) is 8.06. The largest absolute Gasteiger partial charge is 0.480 e. The van der Waals surface area contributed by atoms with Gasteiger partial charge >= 0.3 is 18.2 Å². The molecule has 0 aliphatic rings. The molecule has 0 aliphatic heterocycles. The second kappa shape index (κ2) is 16.1. The lowest BCUT2D eigenvalue weighted by Gasteiger charge is -2.22. The molecule has 2 unspecified atom stereocenters. The lowest BCUT2D eigenvalue weighted by molar-refractivity contribution is -0.790. The van der Waals surface area contributed by atoms with Gasteiger partial charge in [-0.3, -0.25) is 0 Å². The molecule has 0 saturated heterocycles. The van der Waals surface area contributed by atoms with Gasteiger partial charge in [-0.15, -0.1) is 20.2 Å². The number of rotatable bonds is 17. The number of ether oxygens (including phenoxy) is 2. The van der Waals surface area contributed by atoms with Gasteiger partial charge in [-0.05, 0) is 59.3 Å². The van der Waals surface area contributed by atoms with Gasteiger partial charge in [0.25, 0.3) is 10.2 Å². The number of nitrogens with zero attached hydrogens (tertiary/aromatic N) is 2. The summed E-state index contributed by atoms with van der Waals surface area (Å²) in [7, 11) is 0. The van der Waals surface area contributed by atoms with Crippen molar-refractivity contribution in [3.8, 4) is 0 Å². The lowest BCUT2D eigenvalue weighted by atomic mass is 10.1. The van der Waals surface area contributed by atoms with Gasteiger partial charge in [-0.1, -0.05) is 0 Å². The molecular weight excluding hydrogens is 464 g/mol. The maximum Gasteiger partial charge on any atom is 0.408 e. The van der Waals surface area contributed by atoms with Crippen LogP contribution in [0.1, 0.15) is 59.3 Å². The van der Waals surface area contributed by atoms with Crippen molar-refractivity contribution < 1.29 is 48.8 Å². The third-order valence-corrected chi connectivity index (χ3v) is 3.93. The Morgan fingerprint density at radius 2 is 1.62 bits per heavy atom. The van der Waals surface area contributed by atoms with E-state index in [2.05, 4.69) is 20.3 Å². The van der Waals surface area contributed by atoms with E-state index in [1.165, 1.54) is 0 Å². The summed E-state index contributed by atoms with van der Waals surface area (Å²) in [5, 5.41) is 32.4. The molecule has 0 aromatic heterocycles. The summed E-state index contributed by atoms with van der Waals surface area (Å²) in [4.78, 5) is 63.5. The van der Waals surface area contributed by atoms with Gasteiger partial charge in [0.1, 0.15) is 24.4 Å². The Hall–Kier alpha value is -3.59. The first-order valence-electron chi connectivity index (χ1n) is 10.5. The molecule has 0 heterocycles. The van der Waals surface area contributed by atoms with E-state index in [1.807, 2.05) is 0 Å². The van der Waals surface area contributed by atoms with Crippen molar-refractivity contribution >= 4 is 18.2 Å². The van der Waals surface area contributed by atoms with Crippen molar-refractivity contribution in [2.45, 2.75) is 77.0 Å². The SMILES string of the molecule is CC(C)(C)OC(=O)NC(CCCCNC(=O)OCCCCC(CO[N+](=O)[O-])O[N+](=O)[O-])C(=O)O. The van der Waals surface area contributed by atoms with Gasteiger partial charge in [0.15, 0.2) is 0 Å². The fraction of sp³-hybridized carbons (Fsp3) is 0.833. The topological polar surface area (TPSA) is 219 Å². The summed E-state index contributed by atoms with van der Waals surface area (Å²) in [5.74, 6) is -1.20. The standard InChI is InChI=1S/C18H32N4O12/c1-18(2,3)33-17(26)20-14(15(23)24)9-4-6-10-19-16(25)31-11-7-5-8-13(34-22(29)30)12-32-21(27)28/h13-14H,4-12H2,1-3H3,(H,19,25)(H,20,26)(H,23,24). The van der Waals surface area contributed by atoms with Gasteiger partial charge in [0, 0.05) is 6.54 Å². The predicted molar refractivity (Wildman–Crippen MR) is 113 cm³/mol. The Labute approximate surface area is 195 Å². The highest BCUT2D eigenvalue weighted by Gasteiger charge is 2.23. The zero-order chi connectivity index (χ0) is 26.1. The fourth-order valence-electron chi connectivity index (χ4n) is 2.49. The molecule has 0 aromatic rings. The molecule has 34 heavy (non-hydrogen) atoms. The second-order valence-corrected chi connectivity index (χ2v) is 8.06. The monoisotopic (exact) mass is 496 g/mol. The zero-order valence-electron chi connectivity index (χ0n) is 19.4. The summed E-state index contributed by atoms with van der Waals surface area (Å²) in [6.07, 6.45) is -0.926. The van der Waals surface area contributed by atoms with Crippen LogP contribution in [0.4, 0.5) is 9.59 Å². The molecule has 3 N–H and O–H groups in total. The van der Waals surface area contributed by atoms with Crippen LogP contribution in [0, 0.1) is 20.2 Å². The molecular formula is C18H32N4O12. The number of carboxylic acid groups (broad SMARTS) is 1. The summed E-state index contributed by atoms with van der Waals surface area (Å²) in [6.45, 7) is 4.60. The van der Waals surface area contributed by atoms with Gasteiger partial charge in [-0.2, -0.15) is 0 Å². The Kier molecular flexibility index (Phi) is 14.4. The van der Waals surface area contributed by atoms with E-state index in [4.69, 9.17) is 9.47 Å². The first-order chi connectivity index (χ1) is 15.8. The number of hydrogen-bond acceptors (Lipinski definition) is 11. The molecule has 0 aromatic carbocycles. The average molecular weight is 496 g/mol. The van der Waals surface area contributed by atoms with Crippen molar-refractivity contribution in [2.75, 3.05) is 19.8 Å². The predicted octanol–water partition coefficient (Wildman–Crippen LogP) is 1.82. The van der Waals surface area contributed by atoms with Crippen molar-refractivity contribution in [2.24, 2.45) is 0 Å². The average Bonchev–Trinajstić information content (AvgIpc) is 2.68. The van der Waals surface area contributed by atoms with E-state index in [9.17, 15) is 39.7 Å². The summed E-state index contributed by atoms with van der Waals surface area (Å²) < 4.78 is 9.96. The van der Waals surface area contributed by atoms with Crippen LogP contribution >= 0.6 is 0 Å². The maximum atomic E-state index is 11.7. The third kappa shape index (κ3) is 18.0. The molecule has 0 saturated carbocycles. The highest BCUT2D eigenvalue weighted by atomic mass is 17.0. The summed E-state index contributed by atoms with van der Waals surface area (Å²) in [5.41, 5.74) is -0.756. The van der Waals surface area contributed by atoms with Crippen LogP contribution in [-0.4, -0.2) is 70.9 Å². The van der Waals surface area contributed by atoms with Crippen molar-refractivity contribution in [3.63, 3.8) is 0 Å². The number of carboxylic acids is 1. The molecule has 2 atom stereocenters. The summed E-state index contributed by atoms with van der Waals surface area (Å²) in [6, 6.07) is -1.12. The van der Waals surface area contributed by atoms with Crippen LogP contribution < -0.4 is 10.6 Å². The minimum Gasteiger partial charge on any atom is -0.480 e. The van der Waals surface area contributed by atoms with Crippen LogP contribution in [0.2, 0.25) is 0 Å². The molecule has 16 nitrogen and oxygen atoms in total. The number of hydrogen-bond donors (Lipinski definition) is 3.